The molecule has 0 amide bonds. The minimum Gasteiger partial charge on any atom is -0.496 e. The zero-order chi connectivity index (χ0) is 15.3. The highest BCUT2D eigenvalue weighted by molar-refractivity contribution is 5.87. The van der Waals surface area contributed by atoms with Gasteiger partial charge in [0.05, 0.1) is 25.4 Å². The molecule has 0 spiro atoms. The Kier molecular flexibility index (Phi) is 5.20. The highest BCUT2D eigenvalue weighted by Crippen LogP contribution is 2.35. The summed E-state index contributed by atoms with van der Waals surface area (Å²) in [7, 11) is 3.09. The van der Waals surface area contributed by atoms with E-state index in [0.29, 0.717) is 11.5 Å². The average molecular weight is 277 g/mol. The van der Waals surface area contributed by atoms with Gasteiger partial charge in [-0.3, -0.25) is 0 Å². The van der Waals surface area contributed by atoms with E-state index in [0.717, 1.165) is 22.9 Å². The molecule has 1 aromatic rings. The van der Waals surface area contributed by atoms with Gasteiger partial charge in [-0.25, -0.2) is 4.79 Å². The first-order valence-corrected chi connectivity index (χ1v) is 5.99. The molecule has 1 rings (SSSR count). The third-order valence-electron chi connectivity index (χ3n) is 2.86. The number of benzene rings is 1. The summed E-state index contributed by atoms with van der Waals surface area (Å²) in [4.78, 5) is 11.0. The molecule has 0 aliphatic carbocycles. The van der Waals surface area contributed by atoms with E-state index in [-0.39, 0.29) is 12.0 Å². The Morgan fingerprint density at radius 2 is 1.85 bits per heavy atom. The first-order chi connectivity index (χ1) is 9.44. The van der Waals surface area contributed by atoms with Gasteiger partial charge in [-0.1, -0.05) is 6.58 Å². The molecule has 0 atom stereocenters. The molecule has 0 heterocycles. The summed E-state index contributed by atoms with van der Waals surface area (Å²) in [5.74, 6) is 0.136. The van der Waals surface area contributed by atoms with E-state index >= 15 is 0 Å². The maximum Gasteiger partial charge on any atom is 0.333 e. The summed E-state index contributed by atoms with van der Waals surface area (Å²) in [6.07, 6.45) is 1.28. The zero-order valence-corrected chi connectivity index (χ0v) is 11.9. The molecule has 0 aliphatic heterocycles. The van der Waals surface area contributed by atoms with Crippen molar-refractivity contribution in [1.29, 1.82) is 0 Å². The molecule has 5 nitrogen and oxygen atoms in total. The van der Waals surface area contributed by atoms with Crippen LogP contribution in [0.4, 0.5) is 0 Å². The summed E-state index contributed by atoms with van der Waals surface area (Å²) in [6.45, 7) is 5.74. The van der Waals surface area contributed by atoms with E-state index in [1.807, 2.05) is 6.92 Å². The number of carbonyl (C=O) groups is 1. The van der Waals surface area contributed by atoms with Crippen LogP contribution >= 0.6 is 0 Å². The predicted molar refractivity (Wildman–Crippen MR) is 77.9 cm³/mol. The number of hydrogen-bond acceptors (Lipinski definition) is 4. The lowest BCUT2D eigenvalue weighted by Crippen LogP contribution is -2.07. The molecular formula is C15H19NO4. The first-order valence-electron chi connectivity index (χ1n) is 5.99. The monoisotopic (exact) mass is 277 g/mol. The van der Waals surface area contributed by atoms with Crippen LogP contribution in [0, 0.1) is 0 Å². The number of carboxylic acid groups (broad SMARTS) is 1. The van der Waals surface area contributed by atoms with E-state index in [1.165, 1.54) is 0 Å². The Bertz CT molecular complexity index is 536. The highest BCUT2D eigenvalue weighted by Gasteiger charge is 2.15. The van der Waals surface area contributed by atoms with Gasteiger partial charge in [-0.15, -0.1) is 0 Å². The molecule has 108 valence electrons. The van der Waals surface area contributed by atoms with Gasteiger partial charge in [-0.2, -0.15) is 0 Å². The van der Waals surface area contributed by atoms with Crippen molar-refractivity contribution in [2.45, 2.75) is 13.3 Å². The highest BCUT2D eigenvalue weighted by atomic mass is 16.5. The Hall–Kier alpha value is -2.43. The summed E-state index contributed by atoms with van der Waals surface area (Å²) in [5.41, 5.74) is 7.74. The van der Waals surface area contributed by atoms with Crippen LogP contribution in [-0.4, -0.2) is 25.3 Å². The fraction of sp³-hybridized carbons (Fsp3) is 0.267. The van der Waals surface area contributed by atoms with Crippen molar-refractivity contribution < 1.29 is 19.4 Å². The molecule has 0 aromatic heterocycles. The van der Waals surface area contributed by atoms with Gasteiger partial charge >= 0.3 is 5.97 Å². The fourth-order valence-electron chi connectivity index (χ4n) is 1.91. The fourth-order valence-corrected chi connectivity index (χ4v) is 1.91. The molecule has 5 heteroatoms. The normalized spacial score (nSPS) is 11.1. The average Bonchev–Trinajstić information content (AvgIpc) is 2.42. The van der Waals surface area contributed by atoms with Crippen molar-refractivity contribution in [2.75, 3.05) is 14.2 Å². The van der Waals surface area contributed by atoms with Gasteiger partial charge < -0.3 is 20.3 Å². The molecule has 3 N–H and O–H groups in total. The first kappa shape index (κ1) is 15.6. The molecule has 20 heavy (non-hydrogen) atoms. The molecule has 0 bridgehead atoms. The summed E-state index contributed by atoms with van der Waals surface area (Å²) in [5, 5.41) is 9.01. The zero-order valence-electron chi connectivity index (χ0n) is 11.9. The number of nitrogens with two attached hydrogens (primary N) is 1. The largest absolute Gasteiger partial charge is 0.496 e. The van der Waals surface area contributed by atoms with Crippen molar-refractivity contribution >= 4 is 11.5 Å². The molecule has 1 aromatic carbocycles. The minimum absolute atomic E-state index is 0.109. The third kappa shape index (κ3) is 3.32. The minimum atomic E-state index is -1.05. The Labute approximate surface area is 118 Å². The predicted octanol–water partition coefficient (Wildman–Crippen LogP) is 2.21. The summed E-state index contributed by atoms with van der Waals surface area (Å²) < 4.78 is 10.7. The van der Waals surface area contributed by atoms with Crippen molar-refractivity contribution in [3.63, 3.8) is 0 Å². The van der Waals surface area contributed by atoms with Crippen LogP contribution in [0.5, 0.6) is 11.5 Å². The second-order valence-corrected chi connectivity index (χ2v) is 4.33. The topological polar surface area (TPSA) is 81.8 Å². The lowest BCUT2D eigenvalue weighted by atomic mass is 9.99. The molecule has 0 saturated carbocycles. The quantitative estimate of drug-likeness (QED) is 0.779. The number of allylic oxidation sites excluding steroid dienone is 1. The van der Waals surface area contributed by atoms with Gasteiger partial charge in [0.1, 0.15) is 11.5 Å². The van der Waals surface area contributed by atoms with E-state index in [4.69, 9.17) is 20.3 Å². The van der Waals surface area contributed by atoms with Crippen LogP contribution in [-0.2, 0) is 11.2 Å². The number of rotatable bonds is 6. The van der Waals surface area contributed by atoms with Crippen molar-refractivity contribution in [2.24, 2.45) is 5.73 Å². The Morgan fingerprint density at radius 1 is 1.35 bits per heavy atom. The van der Waals surface area contributed by atoms with Gasteiger partial charge in [0.2, 0.25) is 0 Å². The number of carboxylic acids is 1. The van der Waals surface area contributed by atoms with E-state index in [1.54, 1.807) is 26.4 Å². The van der Waals surface area contributed by atoms with E-state index in [2.05, 4.69) is 6.58 Å². The maximum atomic E-state index is 11.0. The summed E-state index contributed by atoms with van der Waals surface area (Å²) >= 11 is 0. The number of methoxy groups -OCH3 is 2. The van der Waals surface area contributed by atoms with Crippen LogP contribution < -0.4 is 15.2 Å². The summed E-state index contributed by atoms with van der Waals surface area (Å²) in [6, 6.07) is 3.53. The van der Waals surface area contributed by atoms with Gasteiger partial charge in [0.15, 0.2) is 0 Å². The van der Waals surface area contributed by atoms with Crippen LogP contribution in [0.2, 0.25) is 0 Å². The number of ether oxygens (including phenoxy) is 2. The van der Waals surface area contributed by atoms with Crippen molar-refractivity contribution in [3.05, 3.63) is 41.6 Å². The van der Waals surface area contributed by atoms with Crippen LogP contribution in [0.3, 0.4) is 0 Å². The molecule has 0 aliphatic rings. The SMILES string of the molecule is C=C(C)c1c(OC)cc(CC(=CN)C(=O)O)cc1OC. The van der Waals surface area contributed by atoms with Crippen LogP contribution in [0.1, 0.15) is 18.1 Å². The molecule has 0 fully saturated rings. The standard InChI is InChI=1S/C15H19NO4/c1-9(2)14-12(19-3)6-10(7-13(14)20-4)5-11(8-16)15(17)18/h6-8H,1,5,16H2,2-4H3,(H,17,18). The van der Waals surface area contributed by atoms with Crippen LogP contribution in [0.15, 0.2) is 30.5 Å². The molecular weight excluding hydrogens is 258 g/mol. The van der Waals surface area contributed by atoms with E-state index in [9.17, 15) is 4.79 Å². The van der Waals surface area contributed by atoms with Crippen molar-refractivity contribution in [3.8, 4) is 11.5 Å². The van der Waals surface area contributed by atoms with Gasteiger partial charge in [-0.05, 0) is 30.2 Å². The maximum absolute atomic E-state index is 11.0. The molecule has 0 radical (unpaired) electrons. The smallest absolute Gasteiger partial charge is 0.333 e. The lowest BCUT2D eigenvalue weighted by molar-refractivity contribution is -0.132. The number of aliphatic carboxylic acids is 1. The lowest BCUT2D eigenvalue weighted by Gasteiger charge is -2.15. The third-order valence-corrected chi connectivity index (χ3v) is 2.86. The Balaban J connectivity index is 3.31. The number of hydrogen-bond donors (Lipinski definition) is 2. The molecule has 0 unspecified atom stereocenters. The van der Waals surface area contributed by atoms with Crippen molar-refractivity contribution in [1.82, 2.24) is 0 Å². The Morgan fingerprint density at radius 3 is 2.15 bits per heavy atom. The molecule has 0 saturated heterocycles. The second kappa shape index (κ2) is 6.65. The van der Waals surface area contributed by atoms with Crippen LogP contribution in [0.25, 0.3) is 5.57 Å². The van der Waals surface area contributed by atoms with Gasteiger partial charge in [0.25, 0.3) is 0 Å². The van der Waals surface area contributed by atoms with E-state index < -0.39 is 5.97 Å². The van der Waals surface area contributed by atoms with Gasteiger partial charge in [0, 0.05) is 12.6 Å². The second-order valence-electron chi connectivity index (χ2n) is 4.33.